The first-order valence-corrected chi connectivity index (χ1v) is 11.5. The van der Waals surface area contributed by atoms with Crippen molar-refractivity contribution in [1.29, 1.82) is 0 Å². The van der Waals surface area contributed by atoms with E-state index in [1.807, 2.05) is 0 Å². The molecule has 0 aliphatic rings. The van der Waals surface area contributed by atoms with Crippen molar-refractivity contribution in [3.8, 4) is 0 Å². The Labute approximate surface area is 135 Å². The summed E-state index contributed by atoms with van der Waals surface area (Å²) < 4.78 is 13.5. The van der Waals surface area contributed by atoms with Crippen molar-refractivity contribution in [2.75, 3.05) is 18.5 Å². The minimum absolute atomic E-state index is 0.589. The normalized spacial score (nSPS) is 18.0. The lowest BCUT2D eigenvalue weighted by Gasteiger charge is -2.28. The zero-order valence-corrected chi connectivity index (χ0v) is 16.7. The molecule has 0 aliphatic heterocycles. The maximum atomic E-state index is 13.5. The van der Waals surface area contributed by atoms with E-state index in [4.69, 9.17) is 0 Å². The molecule has 0 radical (unpaired) electrons. The molecule has 0 aromatic rings. The standard InChI is InChI=1S/C19H41OP/c1-8-9-10-11-12-13-21(20,14-18(6)16(2)3)15-19(7)17(4)5/h16-19H,8-15H2,1-7H3. The van der Waals surface area contributed by atoms with Gasteiger partial charge in [-0.3, -0.25) is 0 Å². The highest BCUT2D eigenvalue weighted by Gasteiger charge is 2.28. The van der Waals surface area contributed by atoms with Crippen LogP contribution in [-0.4, -0.2) is 18.5 Å². The van der Waals surface area contributed by atoms with Crippen molar-refractivity contribution >= 4 is 7.14 Å². The highest BCUT2D eigenvalue weighted by Crippen LogP contribution is 2.51. The third kappa shape index (κ3) is 9.77. The van der Waals surface area contributed by atoms with E-state index in [1.54, 1.807) is 0 Å². The van der Waals surface area contributed by atoms with Crippen LogP contribution in [0.5, 0.6) is 0 Å². The summed E-state index contributed by atoms with van der Waals surface area (Å²) in [4.78, 5) is 0. The summed E-state index contributed by atoms with van der Waals surface area (Å²) in [5, 5.41) is 0. The quantitative estimate of drug-likeness (QED) is 0.282. The molecule has 1 nitrogen and oxygen atoms in total. The summed E-state index contributed by atoms with van der Waals surface area (Å²) in [6.07, 6.45) is 9.30. The van der Waals surface area contributed by atoms with Crippen LogP contribution in [0.2, 0.25) is 0 Å². The average molecular weight is 317 g/mol. The van der Waals surface area contributed by atoms with Gasteiger partial charge >= 0.3 is 0 Å². The number of rotatable bonds is 12. The third-order valence-corrected chi connectivity index (χ3v) is 8.80. The van der Waals surface area contributed by atoms with Gasteiger partial charge < -0.3 is 4.57 Å². The summed E-state index contributed by atoms with van der Waals surface area (Å²) in [5.74, 6) is 2.47. The van der Waals surface area contributed by atoms with Gasteiger partial charge in [-0.25, -0.2) is 0 Å². The Morgan fingerprint density at radius 3 is 1.52 bits per heavy atom. The highest BCUT2D eigenvalue weighted by molar-refractivity contribution is 7.63. The second-order valence-electron chi connectivity index (χ2n) is 8.00. The lowest BCUT2D eigenvalue weighted by molar-refractivity contribution is 0.433. The van der Waals surface area contributed by atoms with Crippen molar-refractivity contribution in [1.82, 2.24) is 0 Å². The molecule has 0 spiro atoms. The molecule has 128 valence electrons. The molecule has 0 bridgehead atoms. The van der Waals surface area contributed by atoms with Crippen LogP contribution in [0.3, 0.4) is 0 Å². The summed E-state index contributed by atoms with van der Waals surface area (Å²) in [5.41, 5.74) is 0. The summed E-state index contributed by atoms with van der Waals surface area (Å²) >= 11 is 0. The highest BCUT2D eigenvalue weighted by atomic mass is 31.2. The van der Waals surface area contributed by atoms with Gasteiger partial charge in [0.25, 0.3) is 0 Å². The molecule has 0 N–H and O–H groups in total. The van der Waals surface area contributed by atoms with E-state index in [0.29, 0.717) is 23.7 Å². The fourth-order valence-corrected chi connectivity index (χ4v) is 6.99. The van der Waals surface area contributed by atoms with Gasteiger partial charge in [-0.15, -0.1) is 0 Å². The van der Waals surface area contributed by atoms with Crippen molar-refractivity contribution in [2.24, 2.45) is 23.7 Å². The molecule has 0 fully saturated rings. The molecule has 2 heteroatoms. The van der Waals surface area contributed by atoms with E-state index in [-0.39, 0.29) is 0 Å². The SMILES string of the molecule is CCCCCCCP(=O)(CC(C)C(C)C)CC(C)C(C)C. The maximum absolute atomic E-state index is 13.5. The van der Waals surface area contributed by atoms with Crippen LogP contribution < -0.4 is 0 Å². The second kappa shape index (κ2) is 10.9. The average Bonchev–Trinajstić information content (AvgIpc) is 2.37. The molecule has 0 aromatic carbocycles. The van der Waals surface area contributed by atoms with Gasteiger partial charge in [-0.1, -0.05) is 74.1 Å². The van der Waals surface area contributed by atoms with Crippen LogP contribution in [0.4, 0.5) is 0 Å². The lowest BCUT2D eigenvalue weighted by atomic mass is 10.0. The van der Waals surface area contributed by atoms with Gasteiger partial charge in [-0.05, 0) is 30.1 Å². The van der Waals surface area contributed by atoms with E-state index in [0.717, 1.165) is 18.5 Å². The fourth-order valence-electron chi connectivity index (χ4n) is 2.73. The number of hydrogen-bond acceptors (Lipinski definition) is 1. The Morgan fingerprint density at radius 1 is 0.714 bits per heavy atom. The first kappa shape index (κ1) is 21.2. The molecule has 2 unspecified atom stereocenters. The first-order chi connectivity index (χ1) is 9.72. The Hall–Kier alpha value is 0.230. The second-order valence-corrected chi connectivity index (χ2v) is 11.3. The van der Waals surface area contributed by atoms with Crippen LogP contribution in [0.15, 0.2) is 0 Å². The van der Waals surface area contributed by atoms with E-state index in [2.05, 4.69) is 48.5 Å². The molecule has 0 aliphatic carbocycles. The van der Waals surface area contributed by atoms with E-state index in [9.17, 15) is 4.57 Å². The van der Waals surface area contributed by atoms with E-state index < -0.39 is 7.14 Å². The minimum atomic E-state index is -1.99. The lowest BCUT2D eigenvalue weighted by Crippen LogP contribution is -2.18. The minimum Gasteiger partial charge on any atom is -0.324 e. The molecule has 0 saturated heterocycles. The van der Waals surface area contributed by atoms with Gasteiger partial charge in [0.15, 0.2) is 0 Å². The van der Waals surface area contributed by atoms with E-state index >= 15 is 0 Å². The van der Waals surface area contributed by atoms with Crippen molar-refractivity contribution < 1.29 is 4.57 Å². The third-order valence-electron chi connectivity index (χ3n) is 5.19. The number of unbranched alkanes of at least 4 members (excludes halogenated alkanes) is 4. The van der Waals surface area contributed by atoms with Crippen LogP contribution in [0.1, 0.15) is 80.6 Å². The predicted molar refractivity (Wildman–Crippen MR) is 99.0 cm³/mol. The summed E-state index contributed by atoms with van der Waals surface area (Å²) in [6.45, 7) is 15.9. The Morgan fingerprint density at radius 2 is 1.14 bits per heavy atom. The Balaban J connectivity index is 4.55. The first-order valence-electron chi connectivity index (χ1n) is 9.29. The van der Waals surface area contributed by atoms with Crippen LogP contribution in [0.25, 0.3) is 0 Å². The topological polar surface area (TPSA) is 17.1 Å². The van der Waals surface area contributed by atoms with Crippen molar-refractivity contribution in [3.05, 3.63) is 0 Å². The van der Waals surface area contributed by atoms with E-state index in [1.165, 1.54) is 32.1 Å². The fraction of sp³-hybridized carbons (Fsp3) is 1.00. The van der Waals surface area contributed by atoms with Crippen molar-refractivity contribution in [3.63, 3.8) is 0 Å². The molecule has 0 amide bonds. The maximum Gasteiger partial charge on any atom is 0.0883 e. The molecule has 21 heavy (non-hydrogen) atoms. The Bertz CT molecular complexity index is 276. The summed E-state index contributed by atoms with van der Waals surface area (Å²) in [6, 6.07) is 0. The van der Waals surface area contributed by atoms with Crippen LogP contribution >= 0.6 is 7.14 Å². The van der Waals surface area contributed by atoms with Gasteiger partial charge in [0.1, 0.15) is 0 Å². The summed E-state index contributed by atoms with van der Waals surface area (Å²) in [7, 11) is -1.99. The predicted octanol–water partition coefficient (Wildman–Crippen LogP) is 6.90. The molecular weight excluding hydrogens is 275 g/mol. The monoisotopic (exact) mass is 316 g/mol. The number of hydrogen-bond donors (Lipinski definition) is 0. The Kier molecular flexibility index (Phi) is 11.0. The van der Waals surface area contributed by atoms with Crippen LogP contribution in [-0.2, 0) is 4.57 Å². The molecule has 0 saturated carbocycles. The van der Waals surface area contributed by atoms with Crippen molar-refractivity contribution in [2.45, 2.75) is 80.6 Å². The molecule has 2 atom stereocenters. The van der Waals surface area contributed by atoms with Gasteiger partial charge in [0, 0.05) is 18.5 Å². The molecule has 0 heterocycles. The van der Waals surface area contributed by atoms with Gasteiger partial charge in [0.2, 0.25) is 0 Å². The molecular formula is C19H41OP. The van der Waals surface area contributed by atoms with Crippen LogP contribution in [0, 0.1) is 23.7 Å². The molecule has 0 aromatic heterocycles. The van der Waals surface area contributed by atoms with Gasteiger partial charge in [-0.2, -0.15) is 0 Å². The van der Waals surface area contributed by atoms with Gasteiger partial charge in [0.05, 0.1) is 7.14 Å². The zero-order chi connectivity index (χ0) is 16.5. The molecule has 0 rings (SSSR count). The smallest absolute Gasteiger partial charge is 0.0883 e. The largest absolute Gasteiger partial charge is 0.324 e. The zero-order valence-electron chi connectivity index (χ0n) is 15.8.